The van der Waals surface area contributed by atoms with Gasteiger partial charge in [0, 0.05) is 10.7 Å². The van der Waals surface area contributed by atoms with E-state index >= 15 is 0 Å². The van der Waals surface area contributed by atoms with Crippen LogP contribution in [0.15, 0.2) is 24.3 Å². The summed E-state index contributed by atoms with van der Waals surface area (Å²) in [5.74, 6) is 0. The molecule has 0 radical (unpaired) electrons. The number of quaternary nitrogens is 1. The molecule has 4 nitrogen and oxygen atoms in total. The third-order valence-corrected chi connectivity index (χ3v) is 4.11. The highest BCUT2D eigenvalue weighted by molar-refractivity contribution is 6.30. The van der Waals surface area contributed by atoms with Crippen molar-refractivity contribution < 1.29 is 14.7 Å². The lowest BCUT2D eigenvalue weighted by Crippen LogP contribution is -3.16. The summed E-state index contributed by atoms with van der Waals surface area (Å²) < 4.78 is 5.65. The minimum Gasteiger partial charge on any atom is -0.385 e. The summed E-state index contributed by atoms with van der Waals surface area (Å²) in [6.07, 6.45) is -0.396. The molecular weight excluding hydrogens is 300 g/mol. The molecule has 1 aromatic rings. The number of benzene rings is 1. The molecule has 0 aromatic heterocycles. The summed E-state index contributed by atoms with van der Waals surface area (Å²) in [5.41, 5.74) is 0.991. The molecule has 0 saturated carbocycles. The highest BCUT2D eigenvalue weighted by Gasteiger charge is 2.23. The number of hydrogen-bond acceptors (Lipinski definition) is 3. The van der Waals surface area contributed by atoms with E-state index in [-0.39, 0.29) is 5.60 Å². The second-order valence-electron chi connectivity index (χ2n) is 7.00. The number of nitrogens with one attached hydrogen (secondary N) is 1. The fraction of sp³-hybridized carbons (Fsp3) is 0.647. The molecule has 124 valence electrons. The van der Waals surface area contributed by atoms with Crippen molar-refractivity contribution in [1.29, 1.82) is 0 Å². The van der Waals surface area contributed by atoms with Crippen LogP contribution in [-0.4, -0.2) is 56.1 Å². The van der Waals surface area contributed by atoms with E-state index in [1.54, 1.807) is 0 Å². The van der Waals surface area contributed by atoms with Crippen LogP contribution in [0.3, 0.4) is 0 Å². The summed E-state index contributed by atoms with van der Waals surface area (Å²) in [6, 6.07) is 8.00. The van der Waals surface area contributed by atoms with E-state index in [9.17, 15) is 5.11 Å². The van der Waals surface area contributed by atoms with E-state index in [2.05, 4.69) is 11.0 Å². The first-order valence-corrected chi connectivity index (χ1v) is 8.37. The number of nitrogens with zero attached hydrogens (tertiary/aromatic N) is 1. The lowest BCUT2D eigenvalue weighted by Gasteiger charge is -2.34. The van der Waals surface area contributed by atoms with Crippen LogP contribution in [0.2, 0.25) is 5.02 Å². The second-order valence-corrected chi connectivity index (χ2v) is 7.43. The minimum atomic E-state index is -0.396. The lowest BCUT2D eigenvalue weighted by molar-refractivity contribution is -0.903. The average Bonchev–Trinajstić information content (AvgIpc) is 2.45. The van der Waals surface area contributed by atoms with Crippen LogP contribution in [0.1, 0.15) is 20.8 Å². The molecule has 0 amide bonds. The number of anilines is 1. The molecular formula is C17H28ClN2O2+. The number of halogens is 1. The molecule has 0 aliphatic carbocycles. The Kier molecular flexibility index (Phi) is 6.09. The van der Waals surface area contributed by atoms with Gasteiger partial charge >= 0.3 is 0 Å². The highest BCUT2D eigenvalue weighted by atomic mass is 35.5. The van der Waals surface area contributed by atoms with Crippen molar-refractivity contribution in [1.82, 2.24) is 0 Å². The summed E-state index contributed by atoms with van der Waals surface area (Å²) in [7, 11) is 0. The number of rotatable bonds is 5. The molecule has 2 N–H and O–H groups in total. The van der Waals surface area contributed by atoms with Gasteiger partial charge in [0.2, 0.25) is 0 Å². The van der Waals surface area contributed by atoms with Crippen molar-refractivity contribution >= 4 is 17.3 Å². The smallest absolute Gasteiger partial charge is 0.126 e. The van der Waals surface area contributed by atoms with Crippen molar-refractivity contribution in [2.24, 2.45) is 0 Å². The standard InChI is InChI=1S/C17H27ClN2O2/c1-17(2,3)22-13-16(21)12-19-7-9-20(10-8-19)15-6-4-5-14(18)11-15/h4-6,11,16,21H,7-10,12-13H2,1-3H3/p+1/t16-/m0/s1. The van der Waals surface area contributed by atoms with Crippen LogP contribution in [0.25, 0.3) is 0 Å². The van der Waals surface area contributed by atoms with E-state index in [1.807, 2.05) is 39.0 Å². The summed E-state index contributed by atoms with van der Waals surface area (Å²) in [4.78, 5) is 3.79. The molecule has 1 atom stereocenters. The van der Waals surface area contributed by atoms with Gasteiger partial charge in [0.1, 0.15) is 12.6 Å². The SMILES string of the molecule is CC(C)(C)OC[C@@H](O)C[NH+]1CCN(c2cccc(Cl)c2)CC1. The maximum atomic E-state index is 10.1. The fourth-order valence-electron chi connectivity index (χ4n) is 2.70. The zero-order valence-corrected chi connectivity index (χ0v) is 14.6. The third kappa shape index (κ3) is 5.76. The van der Waals surface area contributed by atoms with Crippen LogP contribution >= 0.6 is 11.6 Å². The van der Waals surface area contributed by atoms with Crippen LogP contribution in [0.4, 0.5) is 5.69 Å². The summed E-state index contributed by atoms with van der Waals surface area (Å²) in [5, 5.41) is 10.9. The lowest BCUT2D eigenvalue weighted by atomic mass is 10.2. The Morgan fingerprint density at radius 2 is 2.00 bits per heavy atom. The Hall–Kier alpha value is -0.810. The van der Waals surface area contributed by atoms with Gasteiger partial charge in [-0.2, -0.15) is 0 Å². The molecule has 0 unspecified atom stereocenters. The van der Waals surface area contributed by atoms with Gasteiger partial charge in [-0.05, 0) is 39.0 Å². The van der Waals surface area contributed by atoms with Crippen molar-refractivity contribution in [3.8, 4) is 0 Å². The molecule has 1 aliphatic rings. The Balaban J connectivity index is 1.75. The van der Waals surface area contributed by atoms with Gasteiger partial charge < -0.3 is 19.6 Å². The number of piperazine rings is 1. The number of aliphatic hydroxyl groups is 1. The van der Waals surface area contributed by atoms with E-state index in [0.717, 1.165) is 37.7 Å². The molecule has 2 rings (SSSR count). The molecule has 1 heterocycles. The molecule has 0 spiro atoms. The summed E-state index contributed by atoms with van der Waals surface area (Å²) >= 11 is 6.05. The molecule has 22 heavy (non-hydrogen) atoms. The predicted octanol–water partition coefficient (Wildman–Crippen LogP) is 1.22. The van der Waals surface area contributed by atoms with Crippen molar-refractivity contribution in [2.45, 2.75) is 32.5 Å². The summed E-state index contributed by atoms with van der Waals surface area (Å²) in [6.45, 7) is 11.2. The third-order valence-electron chi connectivity index (χ3n) is 3.88. The van der Waals surface area contributed by atoms with Gasteiger partial charge in [0.05, 0.1) is 38.4 Å². The maximum Gasteiger partial charge on any atom is 0.126 e. The topological polar surface area (TPSA) is 37.1 Å². The van der Waals surface area contributed by atoms with Crippen LogP contribution in [-0.2, 0) is 4.74 Å². The van der Waals surface area contributed by atoms with Crippen LogP contribution in [0.5, 0.6) is 0 Å². The quantitative estimate of drug-likeness (QED) is 0.854. The van der Waals surface area contributed by atoms with Gasteiger partial charge in [0.15, 0.2) is 0 Å². The zero-order chi connectivity index (χ0) is 16.2. The van der Waals surface area contributed by atoms with E-state index in [4.69, 9.17) is 16.3 Å². The van der Waals surface area contributed by atoms with Gasteiger partial charge in [-0.15, -0.1) is 0 Å². The molecule has 1 aromatic carbocycles. The van der Waals surface area contributed by atoms with E-state index in [1.165, 1.54) is 10.6 Å². The molecule has 1 aliphatic heterocycles. The van der Waals surface area contributed by atoms with Crippen LogP contribution in [0, 0.1) is 0 Å². The van der Waals surface area contributed by atoms with Gasteiger partial charge in [-0.25, -0.2) is 0 Å². The minimum absolute atomic E-state index is 0.193. The fourth-order valence-corrected chi connectivity index (χ4v) is 2.88. The Morgan fingerprint density at radius 1 is 1.32 bits per heavy atom. The Morgan fingerprint density at radius 3 is 2.59 bits per heavy atom. The number of aliphatic hydroxyl groups excluding tert-OH is 1. The molecule has 0 bridgehead atoms. The van der Waals surface area contributed by atoms with Gasteiger partial charge in [-0.3, -0.25) is 0 Å². The van der Waals surface area contributed by atoms with Crippen molar-refractivity contribution in [3.05, 3.63) is 29.3 Å². The number of ether oxygens (including phenoxy) is 1. The second kappa shape index (κ2) is 7.64. The maximum absolute atomic E-state index is 10.1. The first-order chi connectivity index (χ1) is 10.3. The molecule has 5 heteroatoms. The predicted molar refractivity (Wildman–Crippen MR) is 90.9 cm³/mol. The van der Waals surface area contributed by atoms with Crippen molar-refractivity contribution in [3.63, 3.8) is 0 Å². The Bertz CT molecular complexity index is 468. The largest absolute Gasteiger partial charge is 0.385 e. The Labute approximate surface area is 138 Å². The molecule has 1 saturated heterocycles. The highest BCUT2D eigenvalue weighted by Crippen LogP contribution is 2.19. The average molecular weight is 328 g/mol. The van der Waals surface area contributed by atoms with Crippen molar-refractivity contribution in [2.75, 3.05) is 44.2 Å². The van der Waals surface area contributed by atoms with Gasteiger partial charge in [0.25, 0.3) is 0 Å². The monoisotopic (exact) mass is 327 g/mol. The zero-order valence-electron chi connectivity index (χ0n) is 13.8. The van der Waals surface area contributed by atoms with E-state index in [0.29, 0.717) is 6.61 Å². The molecule has 1 fully saturated rings. The van der Waals surface area contributed by atoms with E-state index < -0.39 is 6.10 Å². The first-order valence-electron chi connectivity index (χ1n) is 7.99. The normalized spacial score (nSPS) is 18.5. The van der Waals surface area contributed by atoms with Crippen LogP contribution < -0.4 is 9.80 Å². The first kappa shape index (κ1) is 17.5. The number of hydrogen-bond donors (Lipinski definition) is 2. The van der Waals surface area contributed by atoms with Gasteiger partial charge in [-0.1, -0.05) is 17.7 Å².